The number of hydrogen-bond acceptors (Lipinski definition) is 4. The van der Waals surface area contributed by atoms with Crippen LogP contribution in [0.15, 0.2) is 42.5 Å². The van der Waals surface area contributed by atoms with Crippen LogP contribution in [0.5, 0.6) is 5.75 Å². The van der Waals surface area contributed by atoms with E-state index in [0.717, 1.165) is 0 Å². The summed E-state index contributed by atoms with van der Waals surface area (Å²) < 4.78 is 4.55. The Hall–Kier alpha value is -2.53. The number of hydrogen-bond donors (Lipinski definition) is 2. The molecule has 0 aliphatic rings. The van der Waals surface area contributed by atoms with Gasteiger partial charge in [-0.25, -0.2) is 4.79 Å². The molecule has 0 fully saturated rings. The van der Waals surface area contributed by atoms with E-state index in [1.165, 1.54) is 25.3 Å². The topological polar surface area (TPSA) is 75.6 Å². The summed E-state index contributed by atoms with van der Waals surface area (Å²) in [5.74, 6) is -1.25. The van der Waals surface area contributed by atoms with Crippen LogP contribution in [0.2, 0.25) is 5.02 Å². The number of phenols is 1. The zero-order chi connectivity index (χ0) is 15.4. The Morgan fingerprint density at radius 2 is 1.81 bits per heavy atom. The first kappa shape index (κ1) is 14.9. The number of rotatable bonds is 3. The van der Waals surface area contributed by atoms with Crippen LogP contribution in [0, 0.1) is 0 Å². The van der Waals surface area contributed by atoms with Gasteiger partial charge in [0, 0.05) is 16.3 Å². The van der Waals surface area contributed by atoms with E-state index in [9.17, 15) is 14.7 Å². The number of benzene rings is 2. The van der Waals surface area contributed by atoms with E-state index in [4.69, 9.17) is 11.6 Å². The maximum absolute atomic E-state index is 12.0. The minimum absolute atomic E-state index is 0.0218. The minimum Gasteiger partial charge on any atom is -0.507 e. The summed E-state index contributed by atoms with van der Waals surface area (Å²) in [5.41, 5.74) is 0.770. The summed E-state index contributed by atoms with van der Waals surface area (Å²) in [7, 11) is 1.21. The van der Waals surface area contributed by atoms with Gasteiger partial charge in [-0.2, -0.15) is 0 Å². The number of ether oxygens (including phenoxy) is 1. The van der Waals surface area contributed by atoms with E-state index in [1.807, 2.05) is 0 Å². The average Bonchev–Trinajstić information content (AvgIpc) is 2.49. The number of nitrogens with one attached hydrogen (secondary N) is 1. The van der Waals surface area contributed by atoms with E-state index >= 15 is 0 Å². The lowest BCUT2D eigenvalue weighted by Crippen LogP contribution is -2.12. The fraction of sp³-hybridized carbons (Fsp3) is 0.0667. The molecule has 2 aromatic rings. The van der Waals surface area contributed by atoms with Crippen LogP contribution >= 0.6 is 11.6 Å². The van der Waals surface area contributed by atoms with Crippen molar-refractivity contribution >= 4 is 29.2 Å². The molecule has 21 heavy (non-hydrogen) atoms. The Morgan fingerprint density at radius 1 is 1.14 bits per heavy atom. The largest absolute Gasteiger partial charge is 0.507 e. The van der Waals surface area contributed by atoms with Crippen LogP contribution in [0.25, 0.3) is 0 Å². The minimum atomic E-state index is -0.685. The highest BCUT2D eigenvalue weighted by molar-refractivity contribution is 6.30. The fourth-order valence-electron chi connectivity index (χ4n) is 1.69. The molecular formula is C15H12ClNO4. The van der Waals surface area contributed by atoms with Crippen molar-refractivity contribution in [3.63, 3.8) is 0 Å². The lowest BCUT2D eigenvalue weighted by atomic mass is 10.1. The molecule has 0 saturated carbocycles. The molecule has 0 unspecified atom stereocenters. The molecule has 108 valence electrons. The van der Waals surface area contributed by atoms with E-state index in [0.29, 0.717) is 16.3 Å². The first-order valence-electron chi connectivity index (χ1n) is 5.99. The van der Waals surface area contributed by atoms with Crippen molar-refractivity contribution < 1.29 is 19.4 Å². The summed E-state index contributed by atoms with van der Waals surface area (Å²) in [4.78, 5) is 23.5. The van der Waals surface area contributed by atoms with Crippen molar-refractivity contribution in [3.05, 3.63) is 58.6 Å². The number of phenolic OH excluding ortho intramolecular Hbond substituents is 1. The smallest absolute Gasteiger partial charge is 0.341 e. The summed E-state index contributed by atoms with van der Waals surface area (Å²) in [5, 5.41) is 12.7. The normalized spacial score (nSPS) is 10.0. The summed E-state index contributed by atoms with van der Waals surface area (Å²) in [6.45, 7) is 0. The van der Waals surface area contributed by atoms with Crippen LogP contribution in [-0.2, 0) is 4.74 Å². The number of anilines is 1. The van der Waals surface area contributed by atoms with Gasteiger partial charge in [-0.3, -0.25) is 4.79 Å². The van der Waals surface area contributed by atoms with Gasteiger partial charge >= 0.3 is 5.97 Å². The van der Waals surface area contributed by atoms with Crippen molar-refractivity contribution in [2.45, 2.75) is 0 Å². The molecule has 2 rings (SSSR count). The predicted octanol–water partition coefficient (Wildman–Crippen LogP) is 3.08. The molecule has 0 aliphatic carbocycles. The van der Waals surface area contributed by atoms with Crippen LogP contribution in [0.1, 0.15) is 20.7 Å². The second kappa shape index (κ2) is 6.28. The molecular weight excluding hydrogens is 294 g/mol. The molecule has 5 nitrogen and oxygen atoms in total. The highest BCUT2D eigenvalue weighted by atomic mass is 35.5. The van der Waals surface area contributed by atoms with Gasteiger partial charge in [0.05, 0.1) is 7.11 Å². The van der Waals surface area contributed by atoms with E-state index < -0.39 is 5.97 Å². The first-order valence-corrected chi connectivity index (χ1v) is 6.37. The second-order valence-electron chi connectivity index (χ2n) is 4.18. The van der Waals surface area contributed by atoms with Crippen molar-refractivity contribution in [3.8, 4) is 5.75 Å². The molecule has 0 atom stereocenters. The average molecular weight is 306 g/mol. The first-order chi connectivity index (χ1) is 10.0. The highest BCUT2D eigenvalue weighted by Gasteiger charge is 2.13. The summed E-state index contributed by atoms with van der Waals surface area (Å²) in [6, 6.07) is 10.5. The standard InChI is InChI=1S/C15H12ClNO4/c1-21-15(20)12-8-11(6-7-13(12)18)17-14(19)9-2-4-10(16)5-3-9/h2-8,18H,1H3,(H,17,19). The zero-order valence-corrected chi connectivity index (χ0v) is 11.8. The van der Waals surface area contributed by atoms with Gasteiger partial charge < -0.3 is 15.2 Å². The molecule has 0 aromatic heterocycles. The van der Waals surface area contributed by atoms with E-state index in [2.05, 4.69) is 10.1 Å². The molecule has 0 aliphatic heterocycles. The maximum Gasteiger partial charge on any atom is 0.341 e. The third kappa shape index (κ3) is 3.52. The Balaban J connectivity index is 2.21. The third-order valence-electron chi connectivity index (χ3n) is 2.77. The number of aromatic hydroxyl groups is 1. The van der Waals surface area contributed by atoms with Crippen LogP contribution in [0.4, 0.5) is 5.69 Å². The van der Waals surface area contributed by atoms with Crippen LogP contribution < -0.4 is 5.32 Å². The molecule has 6 heteroatoms. The quantitative estimate of drug-likeness (QED) is 0.675. The van der Waals surface area contributed by atoms with Gasteiger partial charge in [-0.05, 0) is 42.5 Å². The van der Waals surface area contributed by atoms with E-state index in [-0.39, 0.29) is 17.2 Å². The molecule has 0 heterocycles. The third-order valence-corrected chi connectivity index (χ3v) is 3.02. The lowest BCUT2D eigenvalue weighted by molar-refractivity contribution is 0.0597. The highest BCUT2D eigenvalue weighted by Crippen LogP contribution is 2.22. The van der Waals surface area contributed by atoms with Gasteiger partial charge in [-0.1, -0.05) is 11.6 Å². The number of methoxy groups -OCH3 is 1. The molecule has 0 saturated heterocycles. The van der Waals surface area contributed by atoms with Crippen molar-refractivity contribution in [2.24, 2.45) is 0 Å². The fourth-order valence-corrected chi connectivity index (χ4v) is 1.82. The summed E-state index contributed by atoms with van der Waals surface area (Å²) >= 11 is 5.75. The molecule has 2 aromatic carbocycles. The number of halogens is 1. The van der Waals surface area contributed by atoms with Gasteiger partial charge in [0.1, 0.15) is 11.3 Å². The number of amides is 1. The SMILES string of the molecule is COC(=O)c1cc(NC(=O)c2ccc(Cl)cc2)ccc1O. The Kier molecular flexibility index (Phi) is 4.45. The van der Waals surface area contributed by atoms with Crippen molar-refractivity contribution in [1.29, 1.82) is 0 Å². The molecule has 0 spiro atoms. The second-order valence-corrected chi connectivity index (χ2v) is 4.62. The van der Waals surface area contributed by atoms with Gasteiger partial charge in [-0.15, -0.1) is 0 Å². The molecule has 2 N–H and O–H groups in total. The Labute approximate surface area is 126 Å². The molecule has 0 bridgehead atoms. The number of carbonyl (C=O) groups excluding carboxylic acids is 2. The van der Waals surface area contributed by atoms with Gasteiger partial charge in [0.2, 0.25) is 0 Å². The molecule has 1 amide bonds. The predicted molar refractivity (Wildman–Crippen MR) is 78.9 cm³/mol. The van der Waals surface area contributed by atoms with Gasteiger partial charge in [0.25, 0.3) is 5.91 Å². The Bertz CT molecular complexity index is 683. The summed E-state index contributed by atoms with van der Waals surface area (Å²) in [6.07, 6.45) is 0. The maximum atomic E-state index is 12.0. The van der Waals surface area contributed by atoms with Crippen LogP contribution in [0.3, 0.4) is 0 Å². The van der Waals surface area contributed by atoms with Crippen LogP contribution in [-0.4, -0.2) is 24.1 Å². The Morgan fingerprint density at radius 3 is 2.43 bits per heavy atom. The van der Waals surface area contributed by atoms with Gasteiger partial charge in [0.15, 0.2) is 0 Å². The van der Waals surface area contributed by atoms with Crippen molar-refractivity contribution in [2.75, 3.05) is 12.4 Å². The van der Waals surface area contributed by atoms with Crippen molar-refractivity contribution in [1.82, 2.24) is 0 Å². The lowest BCUT2D eigenvalue weighted by Gasteiger charge is -2.08. The number of carbonyl (C=O) groups is 2. The monoisotopic (exact) mass is 305 g/mol. The number of esters is 1. The van der Waals surface area contributed by atoms with E-state index in [1.54, 1.807) is 24.3 Å². The molecule has 0 radical (unpaired) electrons. The zero-order valence-electron chi connectivity index (χ0n) is 11.1.